The third kappa shape index (κ3) is 3.10. The minimum absolute atomic E-state index is 0.0928. The number of benzene rings is 1. The summed E-state index contributed by atoms with van der Waals surface area (Å²) in [6.07, 6.45) is 1.72. The molecule has 104 valence electrons. The number of carbonyl (C=O) groups is 1. The molecule has 3 N–H and O–H groups in total. The van der Waals surface area contributed by atoms with Gasteiger partial charge in [0.2, 0.25) is 5.91 Å². The van der Waals surface area contributed by atoms with Gasteiger partial charge in [-0.25, -0.2) is 8.78 Å². The molecule has 1 fully saturated rings. The molecule has 1 aromatic carbocycles. The van der Waals surface area contributed by atoms with Crippen molar-refractivity contribution in [3.8, 4) is 0 Å². The van der Waals surface area contributed by atoms with Gasteiger partial charge in [-0.1, -0.05) is 6.07 Å². The SMILES string of the molecule is C[C@H](CC(N)=O)NCC1(c2c(F)cccc2F)CC1. The van der Waals surface area contributed by atoms with Gasteiger partial charge in [0.25, 0.3) is 0 Å². The third-order valence-corrected chi connectivity index (χ3v) is 3.64. The highest BCUT2D eigenvalue weighted by molar-refractivity contribution is 5.74. The zero-order chi connectivity index (χ0) is 14.0. The molecule has 1 atom stereocenters. The fourth-order valence-electron chi connectivity index (χ4n) is 2.41. The molecule has 0 heterocycles. The maximum Gasteiger partial charge on any atom is 0.218 e. The fraction of sp³-hybridized carbons (Fsp3) is 0.500. The van der Waals surface area contributed by atoms with Gasteiger partial charge < -0.3 is 11.1 Å². The first-order valence-corrected chi connectivity index (χ1v) is 6.41. The molecule has 1 aliphatic rings. The van der Waals surface area contributed by atoms with Gasteiger partial charge in [0.05, 0.1) is 0 Å². The predicted molar refractivity (Wildman–Crippen MR) is 68.5 cm³/mol. The van der Waals surface area contributed by atoms with Crippen molar-refractivity contribution >= 4 is 5.91 Å². The van der Waals surface area contributed by atoms with Gasteiger partial charge in [0.15, 0.2) is 0 Å². The minimum atomic E-state index is -0.498. The van der Waals surface area contributed by atoms with Gasteiger partial charge >= 0.3 is 0 Å². The lowest BCUT2D eigenvalue weighted by atomic mass is 9.94. The van der Waals surface area contributed by atoms with Crippen molar-refractivity contribution in [2.45, 2.75) is 37.6 Å². The van der Waals surface area contributed by atoms with Gasteiger partial charge in [0, 0.05) is 30.0 Å². The molecule has 0 radical (unpaired) electrons. The van der Waals surface area contributed by atoms with Crippen LogP contribution in [0.3, 0.4) is 0 Å². The van der Waals surface area contributed by atoms with Gasteiger partial charge in [-0.2, -0.15) is 0 Å². The second-order valence-electron chi connectivity index (χ2n) is 5.33. The summed E-state index contributed by atoms with van der Waals surface area (Å²) < 4.78 is 27.6. The number of carbonyl (C=O) groups excluding carboxylic acids is 1. The van der Waals surface area contributed by atoms with Crippen LogP contribution in [0.1, 0.15) is 31.7 Å². The van der Waals surface area contributed by atoms with Crippen molar-refractivity contribution in [2.24, 2.45) is 5.73 Å². The first kappa shape index (κ1) is 13.9. The molecule has 5 heteroatoms. The summed E-state index contributed by atoms with van der Waals surface area (Å²) >= 11 is 0. The van der Waals surface area contributed by atoms with E-state index in [4.69, 9.17) is 5.73 Å². The quantitative estimate of drug-likeness (QED) is 0.827. The summed E-state index contributed by atoms with van der Waals surface area (Å²) in [6.45, 7) is 2.29. The summed E-state index contributed by atoms with van der Waals surface area (Å²) in [5, 5.41) is 3.14. The highest BCUT2D eigenvalue weighted by atomic mass is 19.1. The molecule has 19 heavy (non-hydrogen) atoms. The van der Waals surface area contributed by atoms with E-state index in [0.29, 0.717) is 6.54 Å². The Bertz CT molecular complexity index is 466. The van der Waals surface area contributed by atoms with E-state index in [1.165, 1.54) is 18.2 Å². The minimum Gasteiger partial charge on any atom is -0.370 e. The van der Waals surface area contributed by atoms with Crippen LogP contribution in [0.5, 0.6) is 0 Å². The normalized spacial score (nSPS) is 18.1. The average molecular weight is 268 g/mol. The molecule has 0 saturated heterocycles. The van der Waals surface area contributed by atoms with E-state index < -0.39 is 17.0 Å². The molecule has 3 nitrogen and oxygen atoms in total. The zero-order valence-corrected chi connectivity index (χ0v) is 10.9. The van der Waals surface area contributed by atoms with Crippen LogP contribution in [-0.2, 0) is 10.2 Å². The van der Waals surface area contributed by atoms with Crippen molar-refractivity contribution < 1.29 is 13.6 Å². The third-order valence-electron chi connectivity index (χ3n) is 3.64. The number of primary amides is 1. The highest BCUT2D eigenvalue weighted by Gasteiger charge is 2.47. The van der Waals surface area contributed by atoms with E-state index >= 15 is 0 Å². The van der Waals surface area contributed by atoms with Gasteiger partial charge in [0.1, 0.15) is 11.6 Å². The van der Waals surface area contributed by atoms with Crippen molar-refractivity contribution in [3.63, 3.8) is 0 Å². The number of nitrogens with two attached hydrogens (primary N) is 1. The van der Waals surface area contributed by atoms with E-state index in [-0.39, 0.29) is 23.9 Å². The lowest BCUT2D eigenvalue weighted by molar-refractivity contribution is -0.118. The summed E-state index contributed by atoms with van der Waals surface area (Å²) in [7, 11) is 0. The smallest absolute Gasteiger partial charge is 0.218 e. The molecule has 0 aromatic heterocycles. The first-order chi connectivity index (χ1) is 8.94. The number of hydrogen-bond acceptors (Lipinski definition) is 2. The fourth-order valence-corrected chi connectivity index (χ4v) is 2.41. The lowest BCUT2D eigenvalue weighted by Crippen LogP contribution is -2.37. The Morgan fingerprint density at radius 2 is 2.00 bits per heavy atom. The van der Waals surface area contributed by atoms with Crippen LogP contribution in [0, 0.1) is 11.6 Å². The molecule has 1 aliphatic carbocycles. The summed E-state index contributed by atoms with van der Waals surface area (Å²) in [5.41, 5.74) is 4.80. The molecule has 1 aromatic rings. The Labute approximate surface area is 111 Å². The average Bonchev–Trinajstić information content (AvgIpc) is 3.06. The van der Waals surface area contributed by atoms with E-state index in [9.17, 15) is 13.6 Å². The predicted octanol–water partition coefficient (Wildman–Crippen LogP) is 1.85. The molecule has 0 aliphatic heterocycles. The maximum atomic E-state index is 13.8. The number of nitrogens with one attached hydrogen (secondary N) is 1. The Morgan fingerprint density at radius 1 is 1.42 bits per heavy atom. The second-order valence-corrected chi connectivity index (χ2v) is 5.33. The first-order valence-electron chi connectivity index (χ1n) is 6.41. The standard InChI is InChI=1S/C14H18F2N2O/c1-9(7-12(17)19)18-8-14(5-6-14)13-10(15)3-2-4-11(13)16/h2-4,9,18H,5-8H2,1H3,(H2,17,19)/t9-/m1/s1. The number of hydrogen-bond donors (Lipinski definition) is 2. The summed E-state index contributed by atoms with van der Waals surface area (Å²) in [4.78, 5) is 10.8. The monoisotopic (exact) mass is 268 g/mol. The molecule has 1 amide bonds. The van der Waals surface area contributed by atoms with Crippen LogP contribution in [-0.4, -0.2) is 18.5 Å². The van der Waals surface area contributed by atoms with Crippen LogP contribution in [0.4, 0.5) is 8.78 Å². The van der Waals surface area contributed by atoms with Crippen LogP contribution < -0.4 is 11.1 Å². The largest absolute Gasteiger partial charge is 0.370 e. The van der Waals surface area contributed by atoms with Crippen molar-refractivity contribution in [1.29, 1.82) is 0 Å². The lowest BCUT2D eigenvalue weighted by Gasteiger charge is -2.21. The number of amides is 1. The van der Waals surface area contributed by atoms with E-state index in [2.05, 4.69) is 5.32 Å². The van der Waals surface area contributed by atoms with Gasteiger partial charge in [-0.3, -0.25) is 4.79 Å². The Kier molecular flexibility index (Phi) is 3.85. The molecule has 0 bridgehead atoms. The molecule has 2 rings (SSSR count). The van der Waals surface area contributed by atoms with Gasteiger partial charge in [-0.15, -0.1) is 0 Å². The van der Waals surface area contributed by atoms with E-state index in [0.717, 1.165) is 12.8 Å². The molecule has 0 spiro atoms. The summed E-state index contributed by atoms with van der Waals surface area (Å²) in [5.74, 6) is -1.38. The number of halogens is 2. The topological polar surface area (TPSA) is 55.1 Å². The molecular formula is C14H18F2N2O. The molecule has 1 saturated carbocycles. The molecular weight excluding hydrogens is 250 g/mol. The van der Waals surface area contributed by atoms with Gasteiger partial charge in [-0.05, 0) is 31.9 Å². The summed E-state index contributed by atoms with van der Waals surface area (Å²) in [6, 6.07) is 3.84. The van der Waals surface area contributed by atoms with Crippen LogP contribution in [0.25, 0.3) is 0 Å². The molecule has 0 unspecified atom stereocenters. The van der Waals surface area contributed by atoms with Crippen LogP contribution in [0.2, 0.25) is 0 Å². The van der Waals surface area contributed by atoms with E-state index in [1.54, 1.807) is 0 Å². The maximum absolute atomic E-state index is 13.8. The highest BCUT2D eigenvalue weighted by Crippen LogP contribution is 2.49. The Balaban J connectivity index is 2.06. The van der Waals surface area contributed by atoms with Crippen molar-refractivity contribution in [1.82, 2.24) is 5.32 Å². The van der Waals surface area contributed by atoms with Crippen molar-refractivity contribution in [3.05, 3.63) is 35.4 Å². The zero-order valence-electron chi connectivity index (χ0n) is 10.9. The second kappa shape index (κ2) is 5.25. The van der Waals surface area contributed by atoms with Crippen LogP contribution >= 0.6 is 0 Å². The Hall–Kier alpha value is -1.49. The van der Waals surface area contributed by atoms with E-state index in [1.807, 2.05) is 6.92 Å². The number of rotatable bonds is 6. The van der Waals surface area contributed by atoms with Crippen molar-refractivity contribution in [2.75, 3.05) is 6.54 Å². The van der Waals surface area contributed by atoms with Crippen LogP contribution in [0.15, 0.2) is 18.2 Å². The Morgan fingerprint density at radius 3 is 2.47 bits per heavy atom.